The number of rotatable bonds is 5. The Labute approximate surface area is 212 Å². The van der Waals surface area contributed by atoms with Crippen LogP contribution in [0.4, 0.5) is 5.69 Å². The molecule has 0 aromatic heterocycles. The van der Waals surface area contributed by atoms with Crippen LogP contribution in [0.25, 0.3) is 0 Å². The fourth-order valence-corrected chi connectivity index (χ4v) is 5.46. The summed E-state index contributed by atoms with van der Waals surface area (Å²) in [6.45, 7) is 1.51. The average molecular weight is 485 g/mol. The van der Waals surface area contributed by atoms with Crippen LogP contribution < -0.4 is 14.4 Å². The molecule has 5 rings (SSSR count). The molecule has 186 valence electrons. The normalized spacial score (nSPS) is 19.9. The van der Waals surface area contributed by atoms with Gasteiger partial charge < -0.3 is 14.4 Å². The number of methoxy groups -OCH3 is 2. The molecule has 2 aliphatic heterocycles. The predicted molar refractivity (Wildman–Crippen MR) is 140 cm³/mol. The minimum Gasteiger partial charge on any atom is -0.497 e. The molecule has 3 aromatic carbocycles. The molecule has 1 fully saturated rings. The van der Waals surface area contributed by atoms with Gasteiger partial charge in [0.05, 0.1) is 26.2 Å². The summed E-state index contributed by atoms with van der Waals surface area (Å²) < 4.78 is 10.7. The zero-order chi connectivity index (χ0) is 25.1. The van der Waals surface area contributed by atoms with Gasteiger partial charge in [0.1, 0.15) is 11.5 Å². The van der Waals surface area contributed by atoms with E-state index in [1.165, 1.54) is 0 Å². The van der Waals surface area contributed by atoms with Crippen molar-refractivity contribution >= 4 is 17.5 Å². The van der Waals surface area contributed by atoms with Gasteiger partial charge in [0, 0.05) is 24.3 Å². The molecule has 0 radical (unpaired) electrons. The van der Waals surface area contributed by atoms with Crippen LogP contribution in [0.15, 0.2) is 72.8 Å². The topological polar surface area (TPSA) is 59.1 Å². The number of amides is 2. The fraction of sp³-hybridized carbons (Fsp3) is 0.333. The van der Waals surface area contributed by atoms with Crippen molar-refractivity contribution in [2.45, 2.75) is 37.6 Å². The molecule has 36 heavy (non-hydrogen) atoms. The number of fused-ring (bicyclic) bond motifs is 1. The highest BCUT2D eigenvalue weighted by atomic mass is 16.5. The van der Waals surface area contributed by atoms with E-state index in [2.05, 4.69) is 0 Å². The van der Waals surface area contributed by atoms with Crippen LogP contribution in [0.5, 0.6) is 11.5 Å². The number of benzene rings is 3. The molecule has 0 bridgehead atoms. The Hall–Kier alpha value is -3.80. The van der Waals surface area contributed by atoms with Gasteiger partial charge in [-0.1, -0.05) is 43.2 Å². The fourth-order valence-electron chi connectivity index (χ4n) is 5.46. The van der Waals surface area contributed by atoms with Crippen molar-refractivity contribution in [1.29, 1.82) is 0 Å². The molecule has 2 unspecified atom stereocenters. The van der Waals surface area contributed by atoms with Gasteiger partial charge in [0.2, 0.25) is 5.91 Å². The number of nitrogens with zero attached hydrogens (tertiary/aromatic N) is 2. The summed E-state index contributed by atoms with van der Waals surface area (Å²) in [4.78, 5) is 32.1. The van der Waals surface area contributed by atoms with Crippen LogP contribution in [-0.2, 0) is 4.79 Å². The minimum absolute atomic E-state index is 0.0798. The molecule has 6 heteroatoms. The van der Waals surface area contributed by atoms with E-state index in [1.807, 2.05) is 77.7 Å². The van der Waals surface area contributed by atoms with Crippen LogP contribution in [0, 0.1) is 0 Å². The first kappa shape index (κ1) is 23.9. The Morgan fingerprint density at radius 3 is 1.97 bits per heavy atom. The summed E-state index contributed by atoms with van der Waals surface area (Å²) in [5, 5.41) is 0. The van der Waals surface area contributed by atoms with E-state index < -0.39 is 12.0 Å². The first-order valence-corrected chi connectivity index (χ1v) is 12.6. The lowest BCUT2D eigenvalue weighted by molar-refractivity contribution is -0.133. The Morgan fingerprint density at radius 2 is 1.36 bits per heavy atom. The molecular formula is C30H32N2O4. The third kappa shape index (κ3) is 4.43. The molecule has 0 spiro atoms. The van der Waals surface area contributed by atoms with Crippen LogP contribution >= 0.6 is 0 Å². The maximum atomic E-state index is 14.3. The molecular weight excluding hydrogens is 452 g/mol. The van der Waals surface area contributed by atoms with Gasteiger partial charge in [-0.05, 0) is 66.4 Å². The van der Waals surface area contributed by atoms with E-state index in [0.717, 1.165) is 61.3 Å². The Kier molecular flexibility index (Phi) is 6.94. The summed E-state index contributed by atoms with van der Waals surface area (Å²) in [5.41, 5.74) is 2.99. The molecule has 6 nitrogen and oxygen atoms in total. The second-order valence-corrected chi connectivity index (χ2v) is 9.40. The molecule has 0 aliphatic carbocycles. The largest absolute Gasteiger partial charge is 0.497 e. The standard InChI is InChI=1S/C30H32N2O4/c1-35-23-15-11-21(12-16-23)28-27(30(34)31-19-7-3-4-8-20-31)25-9-5-6-10-26(25)29(33)32(28)22-13-17-24(36-2)18-14-22/h5-6,9-18,27-28H,3-4,7-8,19-20H2,1-2H3. The third-order valence-corrected chi connectivity index (χ3v) is 7.33. The summed E-state index contributed by atoms with van der Waals surface area (Å²) in [7, 11) is 3.25. The molecule has 1 saturated heterocycles. The number of carbonyl (C=O) groups excluding carboxylic acids is 2. The van der Waals surface area contributed by atoms with E-state index in [-0.39, 0.29) is 11.8 Å². The lowest BCUT2D eigenvalue weighted by atomic mass is 9.78. The van der Waals surface area contributed by atoms with Crippen LogP contribution in [-0.4, -0.2) is 44.0 Å². The first-order chi connectivity index (χ1) is 17.6. The highest BCUT2D eigenvalue weighted by Gasteiger charge is 2.46. The highest BCUT2D eigenvalue weighted by molar-refractivity contribution is 6.11. The van der Waals surface area contributed by atoms with Crippen molar-refractivity contribution < 1.29 is 19.1 Å². The van der Waals surface area contributed by atoms with Crippen molar-refractivity contribution in [3.63, 3.8) is 0 Å². The van der Waals surface area contributed by atoms with E-state index in [4.69, 9.17) is 9.47 Å². The van der Waals surface area contributed by atoms with Gasteiger partial charge in [-0.25, -0.2) is 0 Å². The second-order valence-electron chi connectivity index (χ2n) is 9.40. The summed E-state index contributed by atoms with van der Waals surface area (Å²) in [5.74, 6) is 0.884. The number of hydrogen-bond acceptors (Lipinski definition) is 4. The maximum absolute atomic E-state index is 14.3. The van der Waals surface area contributed by atoms with Crippen molar-refractivity contribution in [2.24, 2.45) is 0 Å². The van der Waals surface area contributed by atoms with E-state index in [9.17, 15) is 9.59 Å². The lowest BCUT2D eigenvalue weighted by Gasteiger charge is -2.43. The number of likely N-dealkylation sites (tertiary alicyclic amines) is 1. The second kappa shape index (κ2) is 10.4. The third-order valence-electron chi connectivity index (χ3n) is 7.33. The van der Waals surface area contributed by atoms with Gasteiger partial charge in [0.15, 0.2) is 0 Å². The minimum atomic E-state index is -0.521. The van der Waals surface area contributed by atoms with Crippen LogP contribution in [0.1, 0.15) is 59.1 Å². The average Bonchev–Trinajstić information content (AvgIpc) is 3.23. The van der Waals surface area contributed by atoms with E-state index >= 15 is 0 Å². The molecule has 0 N–H and O–H groups in total. The van der Waals surface area contributed by atoms with Crippen molar-refractivity contribution in [2.75, 3.05) is 32.2 Å². The molecule has 2 aliphatic rings. The highest BCUT2D eigenvalue weighted by Crippen LogP contribution is 2.46. The van der Waals surface area contributed by atoms with E-state index in [1.54, 1.807) is 19.1 Å². The Bertz CT molecular complexity index is 1210. The molecule has 0 saturated carbocycles. The van der Waals surface area contributed by atoms with Crippen molar-refractivity contribution in [3.05, 3.63) is 89.5 Å². The van der Waals surface area contributed by atoms with Gasteiger partial charge in [-0.3, -0.25) is 14.5 Å². The molecule has 2 atom stereocenters. The van der Waals surface area contributed by atoms with Crippen molar-refractivity contribution in [1.82, 2.24) is 4.90 Å². The van der Waals surface area contributed by atoms with Crippen molar-refractivity contribution in [3.8, 4) is 11.5 Å². The number of anilines is 1. The monoisotopic (exact) mass is 484 g/mol. The van der Waals surface area contributed by atoms with E-state index in [0.29, 0.717) is 11.3 Å². The molecule has 2 heterocycles. The predicted octanol–water partition coefficient (Wildman–Crippen LogP) is 5.59. The molecule has 2 amide bonds. The summed E-state index contributed by atoms with van der Waals surface area (Å²) >= 11 is 0. The first-order valence-electron chi connectivity index (χ1n) is 12.6. The van der Waals surface area contributed by atoms with Gasteiger partial charge >= 0.3 is 0 Å². The van der Waals surface area contributed by atoms with Crippen LogP contribution in [0.3, 0.4) is 0 Å². The zero-order valence-electron chi connectivity index (χ0n) is 20.9. The quantitative estimate of drug-likeness (QED) is 0.474. The van der Waals surface area contributed by atoms with Gasteiger partial charge in [0.25, 0.3) is 5.91 Å². The van der Waals surface area contributed by atoms with Gasteiger partial charge in [-0.2, -0.15) is 0 Å². The maximum Gasteiger partial charge on any atom is 0.259 e. The summed E-state index contributed by atoms with van der Waals surface area (Å²) in [6.07, 6.45) is 4.30. The molecule has 3 aromatic rings. The smallest absolute Gasteiger partial charge is 0.259 e. The Morgan fingerprint density at radius 1 is 0.778 bits per heavy atom. The summed E-state index contributed by atoms with van der Waals surface area (Å²) in [6, 6.07) is 22.2. The van der Waals surface area contributed by atoms with Crippen LogP contribution in [0.2, 0.25) is 0 Å². The number of carbonyl (C=O) groups is 2. The number of ether oxygens (including phenoxy) is 2. The van der Waals surface area contributed by atoms with Gasteiger partial charge in [-0.15, -0.1) is 0 Å². The SMILES string of the molecule is COc1ccc(C2C(C(=O)N3CCCCCC3)c3ccccc3C(=O)N2c2ccc(OC)cc2)cc1. The zero-order valence-corrected chi connectivity index (χ0v) is 20.9. The number of hydrogen-bond donors (Lipinski definition) is 0. The lowest BCUT2D eigenvalue weighted by Crippen LogP contribution is -2.48. The Balaban J connectivity index is 1.68.